The van der Waals surface area contributed by atoms with Gasteiger partial charge in [0.05, 0.1) is 6.61 Å². The summed E-state index contributed by atoms with van der Waals surface area (Å²) in [6.45, 7) is 0.410. The van der Waals surface area contributed by atoms with E-state index >= 15 is 0 Å². The smallest absolute Gasteiger partial charge is 0.326 e. The summed E-state index contributed by atoms with van der Waals surface area (Å²) in [7, 11) is 0. The Morgan fingerprint density at radius 3 is 2.50 bits per heavy atom. The van der Waals surface area contributed by atoms with Crippen molar-refractivity contribution in [2.45, 2.75) is 25.5 Å². The van der Waals surface area contributed by atoms with Crippen molar-refractivity contribution < 1.29 is 19.8 Å². The van der Waals surface area contributed by atoms with Gasteiger partial charge >= 0.3 is 5.97 Å². The summed E-state index contributed by atoms with van der Waals surface area (Å²) in [6, 6.07) is 5.85. The molecule has 1 aromatic rings. The Morgan fingerprint density at radius 1 is 1.28 bits per heavy atom. The molecule has 1 amide bonds. The molecule has 1 aromatic carbocycles. The molecule has 0 aromatic heterocycles. The Hall–Kier alpha value is -1.88. The van der Waals surface area contributed by atoms with E-state index in [-0.39, 0.29) is 12.5 Å². The zero-order valence-electron chi connectivity index (χ0n) is 9.87. The maximum absolute atomic E-state index is 12.2. The number of aliphatic hydroxyl groups excluding tert-OH is 1. The van der Waals surface area contributed by atoms with Crippen molar-refractivity contribution in [2.75, 3.05) is 6.54 Å². The lowest BCUT2D eigenvalue weighted by Crippen LogP contribution is -2.40. The molecule has 18 heavy (non-hydrogen) atoms. The minimum atomic E-state index is -0.951. The monoisotopic (exact) mass is 249 g/mol. The van der Waals surface area contributed by atoms with Crippen LogP contribution >= 0.6 is 0 Å². The lowest BCUT2D eigenvalue weighted by atomic mass is 10.1. The number of nitrogens with zero attached hydrogens (tertiary/aromatic N) is 1. The van der Waals surface area contributed by atoms with Crippen molar-refractivity contribution in [3.63, 3.8) is 0 Å². The minimum Gasteiger partial charge on any atom is -0.480 e. The fourth-order valence-corrected chi connectivity index (χ4v) is 2.19. The second kappa shape index (κ2) is 5.18. The molecule has 2 rings (SSSR count). The van der Waals surface area contributed by atoms with E-state index in [0.717, 1.165) is 12.0 Å². The lowest BCUT2D eigenvalue weighted by Gasteiger charge is -2.21. The Balaban J connectivity index is 2.17. The van der Waals surface area contributed by atoms with Gasteiger partial charge in [-0.3, -0.25) is 4.79 Å². The van der Waals surface area contributed by atoms with Crippen LogP contribution in [0.3, 0.4) is 0 Å². The topological polar surface area (TPSA) is 77.8 Å². The van der Waals surface area contributed by atoms with Crippen molar-refractivity contribution in [1.82, 2.24) is 4.90 Å². The summed E-state index contributed by atoms with van der Waals surface area (Å²) in [5, 5.41) is 18.0. The Morgan fingerprint density at radius 2 is 1.94 bits per heavy atom. The van der Waals surface area contributed by atoms with E-state index in [9.17, 15) is 9.59 Å². The zero-order valence-corrected chi connectivity index (χ0v) is 9.87. The van der Waals surface area contributed by atoms with Gasteiger partial charge in [-0.2, -0.15) is 0 Å². The van der Waals surface area contributed by atoms with E-state index in [1.165, 1.54) is 4.90 Å². The van der Waals surface area contributed by atoms with E-state index in [2.05, 4.69) is 0 Å². The Labute approximate surface area is 105 Å². The Kier molecular flexibility index (Phi) is 3.62. The van der Waals surface area contributed by atoms with Crippen molar-refractivity contribution in [3.05, 3.63) is 35.4 Å². The summed E-state index contributed by atoms with van der Waals surface area (Å²) < 4.78 is 0. The fourth-order valence-electron chi connectivity index (χ4n) is 2.19. The predicted molar refractivity (Wildman–Crippen MR) is 64.1 cm³/mol. The molecule has 5 heteroatoms. The molecule has 1 aliphatic heterocycles. The van der Waals surface area contributed by atoms with E-state index in [4.69, 9.17) is 10.2 Å². The van der Waals surface area contributed by atoms with Crippen LogP contribution in [0.2, 0.25) is 0 Å². The summed E-state index contributed by atoms with van der Waals surface area (Å²) in [5.41, 5.74) is 1.18. The van der Waals surface area contributed by atoms with Gasteiger partial charge in [0.1, 0.15) is 6.04 Å². The average Bonchev–Trinajstić information content (AvgIpc) is 2.87. The van der Waals surface area contributed by atoms with Crippen LogP contribution < -0.4 is 0 Å². The van der Waals surface area contributed by atoms with E-state index in [0.29, 0.717) is 18.5 Å². The normalized spacial score (nSPS) is 18.9. The molecule has 2 N–H and O–H groups in total. The number of carbonyl (C=O) groups excluding carboxylic acids is 1. The largest absolute Gasteiger partial charge is 0.480 e. The first-order chi connectivity index (χ1) is 8.63. The van der Waals surface area contributed by atoms with Gasteiger partial charge in [0, 0.05) is 12.1 Å². The first-order valence-electron chi connectivity index (χ1n) is 5.87. The summed E-state index contributed by atoms with van der Waals surface area (Å²) in [6.07, 6.45) is 1.23. The van der Waals surface area contributed by atoms with E-state index in [1.807, 2.05) is 0 Å². The molecule has 0 radical (unpaired) electrons. The molecule has 1 fully saturated rings. The molecule has 0 bridgehead atoms. The van der Waals surface area contributed by atoms with Gasteiger partial charge in [-0.1, -0.05) is 12.1 Å². The highest BCUT2D eigenvalue weighted by molar-refractivity contribution is 5.97. The zero-order chi connectivity index (χ0) is 13.1. The maximum Gasteiger partial charge on any atom is 0.326 e. The second-order valence-electron chi connectivity index (χ2n) is 4.35. The van der Waals surface area contributed by atoms with Crippen LogP contribution in [0.5, 0.6) is 0 Å². The fraction of sp³-hybridized carbons (Fsp3) is 0.385. The van der Waals surface area contributed by atoms with Gasteiger partial charge in [0.2, 0.25) is 0 Å². The first kappa shape index (κ1) is 12.6. The number of aliphatic hydroxyl groups is 1. The molecule has 5 nitrogen and oxygen atoms in total. The highest BCUT2D eigenvalue weighted by atomic mass is 16.4. The summed E-state index contributed by atoms with van der Waals surface area (Å²) in [4.78, 5) is 24.6. The second-order valence-corrected chi connectivity index (χ2v) is 4.35. The lowest BCUT2D eigenvalue weighted by molar-refractivity contribution is -0.141. The summed E-state index contributed by atoms with van der Waals surface area (Å²) >= 11 is 0. The van der Waals surface area contributed by atoms with Gasteiger partial charge in [-0.25, -0.2) is 4.79 Å². The van der Waals surface area contributed by atoms with E-state index < -0.39 is 12.0 Å². The molecule has 0 saturated carbocycles. The molecular formula is C13H15NO4. The molecule has 96 valence electrons. The number of hydrogen-bond acceptors (Lipinski definition) is 3. The highest BCUT2D eigenvalue weighted by Gasteiger charge is 2.34. The molecule has 0 aliphatic carbocycles. The van der Waals surface area contributed by atoms with Gasteiger partial charge in [0.15, 0.2) is 0 Å². The predicted octanol–water partition coefficient (Wildman–Crippen LogP) is 0.868. The van der Waals surface area contributed by atoms with Crippen LogP contribution in [-0.2, 0) is 11.4 Å². The third-order valence-electron chi connectivity index (χ3n) is 3.18. The van der Waals surface area contributed by atoms with Gasteiger partial charge in [-0.05, 0) is 30.5 Å². The van der Waals surface area contributed by atoms with Crippen LogP contribution in [0.25, 0.3) is 0 Å². The molecule has 1 saturated heterocycles. The van der Waals surface area contributed by atoms with Crippen LogP contribution in [0.15, 0.2) is 24.3 Å². The van der Waals surface area contributed by atoms with Crippen molar-refractivity contribution in [3.8, 4) is 0 Å². The third-order valence-corrected chi connectivity index (χ3v) is 3.18. The molecule has 0 unspecified atom stereocenters. The summed E-state index contributed by atoms with van der Waals surface area (Å²) in [5.74, 6) is -1.21. The number of likely N-dealkylation sites (tertiary alicyclic amines) is 1. The number of carboxylic acids is 1. The number of carbonyl (C=O) groups is 2. The number of benzene rings is 1. The number of amides is 1. The molecule has 1 heterocycles. The quantitative estimate of drug-likeness (QED) is 0.833. The molecule has 1 aliphatic rings. The van der Waals surface area contributed by atoms with Crippen molar-refractivity contribution in [1.29, 1.82) is 0 Å². The number of hydrogen-bond donors (Lipinski definition) is 2. The Bertz CT molecular complexity index is 455. The van der Waals surface area contributed by atoms with Crippen molar-refractivity contribution >= 4 is 11.9 Å². The maximum atomic E-state index is 12.2. The SMILES string of the molecule is O=C(O)[C@@H]1CCCN1C(=O)c1ccc(CO)cc1. The van der Waals surface area contributed by atoms with Crippen LogP contribution in [-0.4, -0.2) is 39.6 Å². The van der Waals surface area contributed by atoms with Gasteiger partial charge < -0.3 is 15.1 Å². The highest BCUT2D eigenvalue weighted by Crippen LogP contribution is 2.20. The van der Waals surface area contributed by atoms with E-state index in [1.54, 1.807) is 24.3 Å². The third kappa shape index (κ3) is 2.36. The molecular weight excluding hydrogens is 234 g/mol. The van der Waals surface area contributed by atoms with Gasteiger partial charge in [0.25, 0.3) is 5.91 Å². The first-order valence-corrected chi connectivity index (χ1v) is 5.87. The van der Waals surface area contributed by atoms with Crippen LogP contribution in [0, 0.1) is 0 Å². The standard InChI is InChI=1S/C13H15NO4/c15-8-9-3-5-10(6-4-9)12(16)14-7-1-2-11(14)13(17)18/h3-6,11,15H,1-2,7-8H2,(H,17,18)/t11-/m0/s1. The molecule has 1 atom stereocenters. The van der Waals surface area contributed by atoms with Crippen LogP contribution in [0.1, 0.15) is 28.8 Å². The van der Waals surface area contributed by atoms with Crippen LogP contribution in [0.4, 0.5) is 0 Å². The number of carboxylic acid groups (broad SMARTS) is 1. The molecule has 0 spiro atoms. The van der Waals surface area contributed by atoms with Gasteiger partial charge in [-0.15, -0.1) is 0 Å². The van der Waals surface area contributed by atoms with Crippen molar-refractivity contribution in [2.24, 2.45) is 0 Å². The minimum absolute atomic E-state index is 0.0735. The number of aliphatic carboxylic acids is 1. The number of rotatable bonds is 3. The average molecular weight is 249 g/mol.